The number of aromatic nitrogens is 1. The molecule has 1 aromatic heterocycles. The van der Waals surface area contributed by atoms with E-state index in [9.17, 15) is 0 Å². The van der Waals surface area contributed by atoms with E-state index < -0.39 is 0 Å². The number of benzene rings is 4. The SMILES string of the molecule is CC1=CCC(C2=C3CCC=CC3C(c3cccc4c(-c5ccccc5-c5ccncc5)cccc34)c3ccccc32)C=C1. The highest BCUT2D eigenvalue weighted by Crippen LogP contribution is 2.53. The highest BCUT2D eigenvalue weighted by Gasteiger charge is 2.38. The summed E-state index contributed by atoms with van der Waals surface area (Å²) in [6, 6.07) is 36.1. The maximum Gasteiger partial charge on any atom is 0.0273 e. The average molecular weight is 554 g/mol. The van der Waals surface area contributed by atoms with Gasteiger partial charge in [-0.05, 0) is 93.6 Å². The number of fused-ring (bicyclic) bond motifs is 3. The van der Waals surface area contributed by atoms with Crippen molar-refractivity contribution < 1.29 is 0 Å². The van der Waals surface area contributed by atoms with E-state index in [1.807, 2.05) is 12.4 Å². The van der Waals surface area contributed by atoms with Crippen LogP contribution in [-0.4, -0.2) is 4.98 Å². The van der Waals surface area contributed by atoms with Crippen LogP contribution in [0.2, 0.25) is 0 Å². The predicted molar refractivity (Wildman–Crippen MR) is 181 cm³/mol. The molecule has 4 aromatic carbocycles. The average Bonchev–Trinajstić information content (AvgIpc) is 3.08. The minimum Gasteiger partial charge on any atom is -0.265 e. The Morgan fingerprint density at radius 1 is 0.651 bits per heavy atom. The van der Waals surface area contributed by atoms with Crippen LogP contribution < -0.4 is 0 Å². The van der Waals surface area contributed by atoms with Crippen molar-refractivity contribution in [3.63, 3.8) is 0 Å². The second-order valence-electron chi connectivity index (χ2n) is 12.2. The van der Waals surface area contributed by atoms with Crippen molar-refractivity contribution in [2.24, 2.45) is 11.8 Å². The van der Waals surface area contributed by atoms with Gasteiger partial charge >= 0.3 is 0 Å². The minimum atomic E-state index is 0.283. The van der Waals surface area contributed by atoms with Crippen LogP contribution >= 0.6 is 0 Å². The largest absolute Gasteiger partial charge is 0.265 e. The van der Waals surface area contributed by atoms with Gasteiger partial charge in [0.1, 0.15) is 0 Å². The van der Waals surface area contributed by atoms with Gasteiger partial charge in [-0.25, -0.2) is 0 Å². The Balaban J connectivity index is 1.32. The summed E-state index contributed by atoms with van der Waals surface area (Å²) in [4.78, 5) is 4.26. The lowest BCUT2D eigenvalue weighted by Crippen LogP contribution is -2.26. The third kappa shape index (κ3) is 4.43. The Morgan fingerprint density at radius 3 is 2.21 bits per heavy atom. The molecule has 1 heteroatoms. The molecule has 5 aromatic rings. The topological polar surface area (TPSA) is 12.9 Å². The van der Waals surface area contributed by atoms with Gasteiger partial charge in [0.25, 0.3) is 0 Å². The van der Waals surface area contributed by atoms with E-state index >= 15 is 0 Å². The van der Waals surface area contributed by atoms with Gasteiger partial charge in [0.15, 0.2) is 0 Å². The molecule has 0 fully saturated rings. The van der Waals surface area contributed by atoms with E-state index in [-0.39, 0.29) is 5.92 Å². The van der Waals surface area contributed by atoms with Crippen LogP contribution in [0.15, 0.2) is 151 Å². The molecular weight excluding hydrogens is 518 g/mol. The van der Waals surface area contributed by atoms with Gasteiger partial charge in [0.05, 0.1) is 0 Å². The third-order valence-electron chi connectivity index (χ3n) is 9.77. The Kier molecular flexibility index (Phi) is 6.52. The van der Waals surface area contributed by atoms with E-state index in [4.69, 9.17) is 0 Å². The number of allylic oxidation sites excluding steroid dienone is 8. The Morgan fingerprint density at radius 2 is 1.37 bits per heavy atom. The van der Waals surface area contributed by atoms with Crippen LogP contribution in [-0.2, 0) is 0 Å². The number of hydrogen-bond acceptors (Lipinski definition) is 1. The van der Waals surface area contributed by atoms with Crippen molar-refractivity contribution >= 4 is 16.3 Å². The maximum atomic E-state index is 4.26. The van der Waals surface area contributed by atoms with Gasteiger partial charge in [0, 0.05) is 30.1 Å². The van der Waals surface area contributed by atoms with E-state index in [1.165, 1.54) is 55.3 Å². The Labute approximate surface area is 254 Å². The summed E-state index contributed by atoms with van der Waals surface area (Å²) in [5.74, 6) is 1.10. The monoisotopic (exact) mass is 553 g/mol. The zero-order chi connectivity index (χ0) is 28.8. The summed E-state index contributed by atoms with van der Waals surface area (Å²) >= 11 is 0. The fourth-order valence-corrected chi connectivity index (χ4v) is 7.85. The second-order valence-corrected chi connectivity index (χ2v) is 12.2. The zero-order valence-electron chi connectivity index (χ0n) is 24.6. The van der Waals surface area contributed by atoms with Crippen LogP contribution in [0.5, 0.6) is 0 Å². The van der Waals surface area contributed by atoms with Crippen molar-refractivity contribution in [2.45, 2.75) is 32.1 Å². The van der Waals surface area contributed by atoms with E-state index in [0.29, 0.717) is 11.8 Å². The molecule has 43 heavy (non-hydrogen) atoms. The minimum absolute atomic E-state index is 0.283. The smallest absolute Gasteiger partial charge is 0.0273 e. The van der Waals surface area contributed by atoms with Crippen molar-refractivity contribution in [2.75, 3.05) is 0 Å². The molecule has 0 amide bonds. The molecule has 208 valence electrons. The third-order valence-corrected chi connectivity index (χ3v) is 9.77. The maximum absolute atomic E-state index is 4.26. The molecule has 3 aliphatic carbocycles. The van der Waals surface area contributed by atoms with Crippen LogP contribution in [0.1, 0.15) is 48.8 Å². The summed E-state index contributed by atoms with van der Waals surface area (Å²) in [6.45, 7) is 2.21. The van der Waals surface area contributed by atoms with Gasteiger partial charge in [0.2, 0.25) is 0 Å². The predicted octanol–water partition coefficient (Wildman–Crippen LogP) is 11.0. The van der Waals surface area contributed by atoms with Crippen LogP contribution in [0.4, 0.5) is 0 Å². The van der Waals surface area contributed by atoms with Gasteiger partial charge < -0.3 is 0 Å². The molecule has 0 saturated carbocycles. The van der Waals surface area contributed by atoms with Gasteiger partial charge in [-0.1, -0.05) is 126 Å². The van der Waals surface area contributed by atoms with Gasteiger partial charge in [-0.3, -0.25) is 4.98 Å². The first-order valence-corrected chi connectivity index (χ1v) is 15.6. The summed E-state index contributed by atoms with van der Waals surface area (Å²) in [6.07, 6.45) is 19.3. The Bertz CT molecular complexity index is 1970. The summed E-state index contributed by atoms with van der Waals surface area (Å²) in [5, 5.41) is 2.66. The van der Waals surface area contributed by atoms with Crippen molar-refractivity contribution in [3.8, 4) is 22.3 Å². The standard InChI is InChI=1S/C42H35N/c1-28-20-22-30(23-21-28)41-37-12-4-6-14-39(37)42(40-15-7-5-13-38(40)41)36-19-9-17-34-33(16-8-18-35(34)36)32-11-3-2-10-31(32)29-24-26-43-27-25-29/h2-4,6-12,14-22,24-27,30,40,42H,5,13,23H2,1H3. The van der Waals surface area contributed by atoms with Gasteiger partial charge in [-0.15, -0.1) is 0 Å². The molecule has 3 aliphatic rings. The quantitative estimate of drug-likeness (QED) is 0.202. The van der Waals surface area contributed by atoms with Crippen LogP contribution in [0.25, 0.3) is 38.6 Å². The molecule has 1 nitrogen and oxygen atoms in total. The summed E-state index contributed by atoms with van der Waals surface area (Å²) < 4.78 is 0. The molecule has 0 N–H and O–H groups in total. The molecule has 8 rings (SSSR count). The molecule has 0 aliphatic heterocycles. The lowest BCUT2D eigenvalue weighted by Gasteiger charge is -2.40. The van der Waals surface area contributed by atoms with Crippen LogP contribution in [0, 0.1) is 11.8 Å². The zero-order valence-corrected chi connectivity index (χ0v) is 24.6. The Hall–Kier alpha value is -4.75. The molecular formula is C42H35N. The van der Waals surface area contributed by atoms with Crippen molar-refractivity contribution in [1.29, 1.82) is 0 Å². The number of hydrogen-bond donors (Lipinski definition) is 0. The van der Waals surface area contributed by atoms with E-state index in [2.05, 4.69) is 139 Å². The lowest BCUT2D eigenvalue weighted by atomic mass is 9.63. The lowest BCUT2D eigenvalue weighted by molar-refractivity contribution is 0.587. The molecule has 3 atom stereocenters. The van der Waals surface area contributed by atoms with E-state index in [1.54, 1.807) is 11.1 Å². The number of rotatable bonds is 4. The second kappa shape index (κ2) is 10.8. The fourth-order valence-electron chi connectivity index (χ4n) is 7.85. The molecule has 3 unspecified atom stereocenters. The highest BCUT2D eigenvalue weighted by molar-refractivity contribution is 6.02. The molecule has 0 bridgehead atoms. The number of nitrogens with zero attached hydrogens (tertiary/aromatic N) is 1. The fraction of sp³-hybridized carbons (Fsp3) is 0.167. The first-order valence-electron chi connectivity index (χ1n) is 15.6. The normalized spacial score (nSPS) is 21.0. The number of pyridine rings is 1. The molecule has 1 heterocycles. The highest BCUT2D eigenvalue weighted by atomic mass is 14.6. The van der Waals surface area contributed by atoms with Gasteiger partial charge in [-0.2, -0.15) is 0 Å². The first-order chi connectivity index (χ1) is 21.3. The van der Waals surface area contributed by atoms with E-state index in [0.717, 1.165) is 19.3 Å². The van der Waals surface area contributed by atoms with Crippen molar-refractivity contribution in [1.82, 2.24) is 4.98 Å². The molecule has 0 saturated heterocycles. The first kappa shape index (κ1) is 25.9. The molecule has 0 spiro atoms. The van der Waals surface area contributed by atoms with Crippen LogP contribution in [0.3, 0.4) is 0 Å². The molecule has 0 radical (unpaired) electrons. The van der Waals surface area contributed by atoms with Crippen molar-refractivity contribution in [3.05, 3.63) is 168 Å². The summed E-state index contributed by atoms with van der Waals surface area (Å²) in [7, 11) is 0. The summed E-state index contributed by atoms with van der Waals surface area (Å²) in [5.41, 5.74) is 13.9.